The van der Waals surface area contributed by atoms with Crippen molar-refractivity contribution in [2.45, 2.75) is 25.3 Å². The van der Waals surface area contributed by atoms with Crippen molar-refractivity contribution < 1.29 is 14.7 Å². The first-order valence-electron chi connectivity index (χ1n) is 6.24. The summed E-state index contributed by atoms with van der Waals surface area (Å²) in [6, 6.07) is 6.66. The average molecular weight is 247 g/mol. The van der Waals surface area contributed by atoms with E-state index in [1.54, 1.807) is 29.2 Å². The molecule has 1 saturated heterocycles. The SMILES string of the molecule is O=Cc1ccccc1C(=O)N1CCCCC1CO. The zero-order chi connectivity index (χ0) is 13.0. The van der Waals surface area contributed by atoms with Crippen molar-refractivity contribution in [3.05, 3.63) is 35.4 Å². The second-order valence-corrected chi connectivity index (χ2v) is 4.54. The van der Waals surface area contributed by atoms with Gasteiger partial charge in [-0.3, -0.25) is 9.59 Å². The number of aliphatic hydroxyl groups excluding tert-OH is 1. The van der Waals surface area contributed by atoms with Gasteiger partial charge in [0.25, 0.3) is 5.91 Å². The fourth-order valence-corrected chi connectivity index (χ4v) is 2.41. The molecule has 1 fully saturated rings. The number of aliphatic hydroxyl groups is 1. The van der Waals surface area contributed by atoms with Crippen LogP contribution >= 0.6 is 0 Å². The third-order valence-corrected chi connectivity index (χ3v) is 3.42. The highest BCUT2D eigenvalue weighted by molar-refractivity contribution is 6.01. The van der Waals surface area contributed by atoms with Gasteiger partial charge >= 0.3 is 0 Å². The molecule has 0 spiro atoms. The van der Waals surface area contributed by atoms with Crippen LogP contribution in [0.25, 0.3) is 0 Å². The van der Waals surface area contributed by atoms with Crippen molar-refractivity contribution in [2.24, 2.45) is 0 Å². The molecule has 2 rings (SSSR count). The Labute approximate surface area is 106 Å². The Kier molecular flexibility index (Phi) is 4.10. The number of hydrogen-bond donors (Lipinski definition) is 1. The van der Waals surface area contributed by atoms with E-state index in [-0.39, 0.29) is 18.6 Å². The molecule has 1 amide bonds. The fourth-order valence-electron chi connectivity index (χ4n) is 2.41. The first-order valence-corrected chi connectivity index (χ1v) is 6.24. The zero-order valence-electron chi connectivity index (χ0n) is 10.2. The van der Waals surface area contributed by atoms with Crippen LogP contribution in [0.5, 0.6) is 0 Å². The summed E-state index contributed by atoms with van der Waals surface area (Å²) in [6.07, 6.45) is 3.51. The largest absolute Gasteiger partial charge is 0.394 e. The van der Waals surface area contributed by atoms with Crippen LogP contribution in [0.4, 0.5) is 0 Å². The molecule has 0 saturated carbocycles. The van der Waals surface area contributed by atoms with Gasteiger partial charge in [0.15, 0.2) is 6.29 Å². The monoisotopic (exact) mass is 247 g/mol. The van der Waals surface area contributed by atoms with Gasteiger partial charge in [-0.2, -0.15) is 0 Å². The van der Waals surface area contributed by atoms with E-state index in [4.69, 9.17) is 0 Å². The number of aldehydes is 1. The van der Waals surface area contributed by atoms with Gasteiger partial charge in [-0.05, 0) is 25.3 Å². The zero-order valence-corrected chi connectivity index (χ0v) is 10.2. The highest BCUT2D eigenvalue weighted by Crippen LogP contribution is 2.20. The van der Waals surface area contributed by atoms with Gasteiger partial charge in [0.05, 0.1) is 18.2 Å². The summed E-state index contributed by atoms with van der Waals surface area (Å²) in [5.74, 6) is -0.156. The molecule has 18 heavy (non-hydrogen) atoms. The first-order chi connectivity index (χ1) is 8.77. The van der Waals surface area contributed by atoms with Crippen molar-refractivity contribution in [1.29, 1.82) is 0 Å². The smallest absolute Gasteiger partial charge is 0.254 e. The lowest BCUT2D eigenvalue weighted by atomic mass is 10.00. The molecule has 1 unspecified atom stereocenters. The Hall–Kier alpha value is -1.68. The number of rotatable bonds is 3. The van der Waals surface area contributed by atoms with Gasteiger partial charge < -0.3 is 10.0 Å². The summed E-state index contributed by atoms with van der Waals surface area (Å²) in [7, 11) is 0. The van der Waals surface area contributed by atoms with E-state index < -0.39 is 0 Å². The molecule has 96 valence electrons. The molecular formula is C14H17NO3. The third kappa shape index (κ3) is 2.43. The maximum absolute atomic E-state index is 12.4. The lowest BCUT2D eigenvalue weighted by molar-refractivity contribution is 0.0501. The minimum atomic E-state index is -0.156. The van der Waals surface area contributed by atoms with Gasteiger partial charge in [0.2, 0.25) is 0 Å². The van der Waals surface area contributed by atoms with Crippen LogP contribution in [0.15, 0.2) is 24.3 Å². The summed E-state index contributed by atoms with van der Waals surface area (Å²) in [5, 5.41) is 9.32. The van der Waals surface area contributed by atoms with Gasteiger partial charge in [-0.15, -0.1) is 0 Å². The number of hydrogen-bond acceptors (Lipinski definition) is 3. The van der Waals surface area contributed by atoms with E-state index in [9.17, 15) is 14.7 Å². The summed E-state index contributed by atoms with van der Waals surface area (Å²) < 4.78 is 0. The molecule has 0 aromatic heterocycles. The maximum Gasteiger partial charge on any atom is 0.254 e. The van der Waals surface area contributed by atoms with E-state index in [0.29, 0.717) is 24.0 Å². The van der Waals surface area contributed by atoms with Crippen molar-refractivity contribution in [1.82, 2.24) is 4.90 Å². The van der Waals surface area contributed by atoms with Crippen LogP contribution in [0.2, 0.25) is 0 Å². The Morgan fingerprint density at radius 1 is 1.39 bits per heavy atom. The van der Waals surface area contributed by atoms with E-state index >= 15 is 0 Å². The number of carbonyl (C=O) groups is 2. The number of likely N-dealkylation sites (tertiary alicyclic amines) is 1. The molecular weight excluding hydrogens is 230 g/mol. The average Bonchev–Trinajstić information content (AvgIpc) is 2.46. The van der Waals surface area contributed by atoms with Gasteiger partial charge in [-0.1, -0.05) is 18.2 Å². The maximum atomic E-state index is 12.4. The summed E-state index contributed by atoms with van der Waals surface area (Å²) in [4.78, 5) is 25.0. The Morgan fingerprint density at radius 2 is 2.17 bits per heavy atom. The lowest BCUT2D eigenvalue weighted by Gasteiger charge is -2.34. The van der Waals surface area contributed by atoms with Gasteiger partial charge in [0.1, 0.15) is 0 Å². The van der Waals surface area contributed by atoms with E-state index in [1.807, 2.05) is 0 Å². The molecule has 0 bridgehead atoms. The van der Waals surface area contributed by atoms with Crippen LogP contribution in [0.1, 0.15) is 40.0 Å². The number of piperidine rings is 1. The molecule has 1 aromatic rings. The Bertz CT molecular complexity index is 444. The van der Waals surface area contributed by atoms with E-state index in [1.165, 1.54) is 0 Å². The Balaban J connectivity index is 2.26. The quantitative estimate of drug-likeness (QED) is 0.823. The molecule has 1 aromatic carbocycles. The highest BCUT2D eigenvalue weighted by Gasteiger charge is 2.27. The van der Waals surface area contributed by atoms with E-state index in [0.717, 1.165) is 19.3 Å². The number of amides is 1. The summed E-state index contributed by atoms with van der Waals surface area (Å²) >= 11 is 0. The van der Waals surface area contributed by atoms with Crippen molar-refractivity contribution >= 4 is 12.2 Å². The third-order valence-electron chi connectivity index (χ3n) is 3.42. The molecule has 0 aliphatic carbocycles. The highest BCUT2D eigenvalue weighted by atomic mass is 16.3. The first kappa shape index (κ1) is 12.8. The number of carbonyl (C=O) groups excluding carboxylic acids is 2. The molecule has 4 nitrogen and oxygen atoms in total. The normalized spacial score (nSPS) is 19.6. The second-order valence-electron chi connectivity index (χ2n) is 4.54. The summed E-state index contributed by atoms with van der Waals surface area (Å²) in [6.45, 7) is 0.631. The predicted octanol–water partition coefficient (Wildman–Crippen LogP) is 1.49. The molecule has 4 heteroatoms. The molecule has 0 radical (unpaired) electrons. The molecule has 1 atom stereocenters. The van der Waals surface area contributed by atoms with Crippen molar-refractivity contribution in [3.63, 3.8) is 0 Å². The predicted molar refractivity (Wildman–Crippen MR) is 67.6 cm³/mol. The molecule has 1 aliphatic rings. The van der Waals surface area contributed by atoms with E-state index in [2.05, 4.69) is 0 Å². The minimum Gasteiger partial charge on any atom is -0.394 e. The van der Waals surface area contributed by atoms with Gasteiger partial charge in [-0.25, -0.2) is 0 Å². The minimum absolute atomic E-state index is 0.0189. The topological polar surface area (TPSA) is 57.6 Å². The summed E-state index contributed by atoms with van der Waals surface area (Å²) in [5.41, 5.74) is 0.831. The Morgan fingerprint density at radius 3 is 2.89 bits per heavy atom. The van der Waals surface area contributed by atoms with Crippen molar-refractivity contribution in [3.8, 4) is 0 Å². The fraction of sp³-hybridized carbons (Fsp3) is 0.429. The molecule has 1 N–H and O–H groups in total. The van der Waals surface area contributed by atoms with Crippen LogP contribution in [-0.2, 0) is 0 Å². The lowest BCUT2D eigenvalue weighted by Crippen LogP contribution is -2.45. The van der Waals surface area contributed by atoms with Gasteiger partial charge in [0, 0.05) is 12.1 Å². The standard InChI is InChI=1S/C14H17NO3/c16-9-11-5-1-2-7-13(11)14(18)15-8-4-3-6-12(15)10-17/h1-2,5,7,9,12,17H,3-4,6,8,10H2. The second kappa shape index (κ2) is 5.78. The van der Waals surface area contributed by atoms with Crippen LogP contribution in [0.3, 0.4) is 0 Å². The van der Waals surface area contributed by atoms with Crippen LogP contribution in [0, 0.1) is 0 Å². The molecule has 1 aliphatic heterocycles. The van der Waals surface area contributed by atoms with Crippen LogP contribution in [-0.4, -0.2) is 41.4 Å². The van der Waals surface area contributed by atoms with Crippen molar-refractivity contribution in [2.75, 3.05) is 13.2 Å². The number of benzene rings is 1. The van der Waals surface area contributed by atoms with Crippen LogP contribution < -0.4 is 0 Å². The number of nitrogens with zero attached hydrogens (tertiary/aromatic N) is 1. The molecule has 1 heterocycles.